The van der Waals surface area contributed by atoms with E-state index in [2.05, 4.69) is 14.7 Å². The van der Waals surface area contributed by atoms with Crippen LogP contribution in [-0.2, 0) is 0 Å². The van der Waals surface area contributed by atoms with Gasteiger partial charge in [0.2, 0.25) is 0 Å². The highest BCUT2D eigenvalue weighted by Crippen LogP contribution is 2.21. The fourth-order valence-electron chi connectivity index (χ4n) is 0.738. The second kappa shape index (κ2) is 2.30. The summed E-state index contributed by atoms with van der Waals surface area (Å²) in [7, 11) is 0. The Morgan fingerprint density at radius 3 is 3.10 bits per heavy atom. The fraction of sp³-hybridized carbons (Fsp3) is 0. The van der Waals surface area contributed by atoms with E-state index >= 15 is 0 Å². The van der Waals surface area contributed by atoms with Gasteiger partial charge in [0, 0.05) is 12.4 Å². The molecular weight excluding hydrogens is 146 g/mol. The second-order valence-corrected chi connectivity index (χ2v) is 2.52. The van der Waals surface area contributed by atoms with E-state index in [9.17, 15) is 0 Å². The van der Waals surface area contributed by atoms with Crippen LogP contribution in [0.2, 0.25) is 0 Å². The first-order valence-electron chi connectivity index (χ1n) is 2.86. The number of hydrogen-bond acceptors (Lipinski definition) is 4. The minimum absolute atomic E-state index is 0.843. The highest BCUT2D eigenvalue weighted by Gasteiger charge is 2.03. The maximum atomic E-state index is 4.09. The van der Waals surface area contributed by atoms with Gasteiger partial charge in [0.25, 0.3) is 0 Å². The van der Waals surface area contributed by atoms with Gasteiger partial charge in [-0.2, -0.15) is 0 Å². The first kappa shape index (κ1) is 5.73. The van der Waals surface area contributed by atoms with Gasteiger partial charge in [0.15, 0.2) is 5.82 Å². The molecule has 0 fully saturated rings. The van der Waals surface area contributed by atoms with Crippen LogP contribution in [0.4, 0.5) is 5.82 Å². The zero-order chi connectivity index (χ0) is 6.81. The number of nitrogens with zero attached hydrogens (tertiary/aromatic N) is 2. The molecule has 2 rings (SSSR count). The summed E-state index contributed by atoms with van der Waals surface area (Å²) >= 11 is 1.50. The van der Waals surface area contributed by atoms with Crippen molar-refractivity contribution in [3.05, 3.63) is 23.5 Å². The van der Waals surface area contributed by atoms with Crippen molar-refractivity contribution in [2.45, 2.75) is 0 Å². The number of rotatable bonds is 0. The molecule has 0 aromatic carbocycles. The molecule has 0 aliphatic carbocycles. The Kier molecular flexibility index (Phi) is 1.32. The largest absolute Gasteiger partial charge is 0.309 e. The van der Waals surface area contributed by atoms with E-state index in [1.165, 1.54) is 11.9 Å². The van der Waals surface area contributed by atoms with Crippen LogP contribution < -0.4 is 4.72 Å². The molecule has 1 aromatic heterocycles. The average Bonchev–Trinajstić information content (AvgIpc) is 2.05. The SMILES string of the molecule is C1=Cc2nccnc2NS1. The topological polar surface area (TPSA) is 37.8 Å². The summed E-state index contributed by atoms with van der Waals surface area (Å²) in [6, 6.07) is 0. The van der Waals surface area contributed by atoms with Crippen LogP contribution in [0.25, 0.3) is 6.08 Å². The lowest BCUT2D eigenvalue weighted by molar-refractivity contribution is 1.19. The number of aromatic nitrogens is 2. The van der Waals surface area contributed by atoms with E-state index in [1.807, 2.05) is 11.5 Å². The first-order valence-corrected chi connectivity index (χ1v) is 3.74. The lowest BCUT2D eigenvalue weighted by Gasteiger charge is -2.07. The van der Waals surface area contributed by atoms with E-state index < -0.39 is 0 Å². The lowest BCUT2D eigenvalue weighted by atomic mass is 10.4. The minimum Gasteiger partial charge on any atom is -0.309 e. The van der Waals surface area contributed by atoms with Crippen LogP contribution in [0.1, 0.15) is 5.69 Å². The third kappa shape index (κ3) is 0.863. The maximum absolute atomic E-state index is 4.09. The van der Waals surface area contributed by atoms with Gasteiger partial charge >= 0.3 is 0 Å². The quantitative estimate of drug-likeness (QED) is 0.570. The van der Waals surface area contributed by atoms with Crippen LogP contribution in [0.3, 0.4) is 0 Å². The zero-order valence-corrected chi connectivity index (χ0v) is 5.93. The summed E-state index contributed by atoms with van der Waals surface area (Å²) in [5, 5.41) is 1.94. The molecule has 0 bridgehead atoms. The molecule has 4 heteroatoms. The molecular formula is C6H5N3S. The molecule has 3 nitrogen and oxygen atoms in total. The van der Waals surface area contributed by atoms with Crippen LogP contribution in [-0.4, -0.2) is 9.97 Å². The van der Waals surface area contributed by atoms with Gasteiger partial charge in [0.05, 0.1) is 0 Å². The highest BCUT2D eigenvalue weighted by atomic mass is 32.2. The van der Waals surface area contributed by atoms with E-state index in [1.54, 1.807) is 12.4 Å². The Hall–Kier alpha value is -1.03. The van der Waals surface area contributed by atoms with Crippen molar-refractivity contribution in [3.63, 3.8) is 0 Å². The molecule has 1 aliphatic heterocycles. The highest BCUT2D eigenvalue weighted by molar-refractivity contribution is 8.03. The van der Waals surface area contributed by atoms with Gasteiger partial charge in [-0.05, 0) is 23.4 Å². The van der Waals surface area contributed by atoms with Gasteiger partial charge in [0.1, 0.15) is 5.69 Å². The Bertz CT molecular complexity index is 271. The van der Waals surface area contributed by atoms with Gasteiger partial charge < -0.3 is 4.72 Å². The van der Waals surface area contributed by atoms with Gasteiger partial charge in [-0.1, -0.05) is 0 Å². The minimum atomic E-state index is 0.843. The molecule has 1 aromatic rings. The van der Waals surface area contributed by atoms with E-state index in [-0.39, 0.29) is 0 Å². The van der Waals surface area contributed by atoms with Crippen molar-refractivity contribution in [2.24, 2.45) is 0 Å². The molecule has 2 heterocycles. The van der Waals surface area contributed by atoms with Crippen LogP contribution >= 0.6 is 11.9 Å². The van der Waals surface area contributed by atoms with Crippen molar-refractivity contribution >= 4 is 23.8 Å². The summed E-state index contributed by atoms with van der Waals surface area (Å²) in [6.07, 6.45) is 5.29. The summed E-state index contributed by atoms with van der Waals surface area (Å²) in [6.45, 7) is 0. The summed E-state index contributed by atoms with van der Waals surface area (Å²) in [5.74, 6) is 0.843. The maximum Gasteiger partial charge on any atom is 0.162 e. The Morgan fingerprint density at radius 2 is 2.20 bits per heavy atom. The molecule has 10 heavy (non-hydrogen) atoms. The average molecular weight is 151 g/mol. The molecule has 1 aliphatic rings. The van der Waals surface area contributed by atoms with Crippen molar-refractivity contribution < 1.29 is 0 Å². The molecule has 0 unspecified atom stereocenters. The predicted octanol–water partition coefficient (Wildman–Crippen LogP) is 1.52. The summed E-state index contributed by atoms with van der Waals surface area (Å²) in [4.78, 5) is 8.17. The van der Waals surface area contributed by atoms with Crippen molar-refractivity contribution in [3.8, 4) is 0 Å². The molecule has 0 saturated heterocycles. The zero-order valence-electron chi connectivity index (χ0n) is 5.11. The summed E-state index contributed by atoms with van der Waals surface area (Å²) < 4.78 is 3.02. The smallest absolute Gasteiger partial charge is 0.162 e. The number of hydrogen-bond donors (Lipinski definition) is 1. The first-order chi connectivity index (χ1) is 4.97. The van der Waals surface area contributed by atoms with E-state index in [4.69, 9.17) is 0 Å². The lowest BCUT2D eigenvalue weighted by Crippen LogP contribution is -1.97. The Labute approximate surface area is 62.7 Å². The van der Waals surface area contributed by atoms with Gasteiger partial charge in [-0.3, -0.25) is 4.98 Å². The molecule has 0 radical (unpaired) electrons. The van der Waals surface area contributed by atoms with Crippen LogP contribution in [0.15, 0.2) is 17.8 Å². The summed E-state index contributed by atoms with van der Waals surface area (Å²) in [5.41, 5.74) is 0.904. The van der Waals surface area contributed by atoms with E-state index in [0.717, 1.165) is 11.5 Å². The van der Waals surface area contributed by atoms with Gasteiger partial charge in [-0.25, -0.2) is 4.98 Å². The van der Waals surface area contributed by atoms with Crippen molar-refractivity contribution in [1.29, 1.82) is 0 Å². The Balaban J connectivity index is 2.54. The van der Waals surface area contributed by atoms with Gasteiger partial charge in [-0.15, -0.1) is 0 Å². The fourth-order valence-corrected chi connectivity index (χ4v) is 1.27. The number of nitrogens with one attached hydrogen (secondary N) is 1. The third-order valence-electron chi connectivity index (χ3n) is 1.18. The number of anilines is 1. The normalized spacial score (nSPS) is 14.0. The standard InChI is InChI=1S/C6H5N3S/c1-4-10-9-6-5(1)7-2-3-8-6/h1-4H,(H,8,9). The molecule has 50 valence electrons. The van der Waals surface area contributed by atoms with Crippen molar-refractivity contribution in [2.75, 3.05) is 4.72 Å². The molecule has 0 atom stereocenters. The monoisotopic (exact) mass is 151 g/mol. The molecule has 0 amide bonds. The molecule has 0 spiro atoms. The van der Waals surface area contributed by atoms with Crippen LogP contribution in [0, 0.1) is 0 Å². The third-order valence-corrected chi connectivity index (χ3v) is 1.76. The van der Waals surface area contributed by atoms with Crippen LogP contribution in [0.5, 0.6) is 0 Å². The second-order valence-electron chi connectivity index (χ2n) is 1.81. The van der Waals surface area contributed by atoms with E-state index in [0.29, 0.717) is 0 Å². The number of fused-ring (bicyclic) bond motifs is 1. The Morgan fingerprint density at radius 1 is 1.30 bits per heavy atom. The molecule has 1 N–H and O–H groups in total. The predicted molar refractivity (Wildman–Crippen MR) is 42.3 cm³/mol. The van der Waals surface area contributed by atoms with Crippen molar-refractivity contribution in [1.82, 2.24) is 9.97 Å². The molecule has 0 saturated carbocycles.